The molecule has 0 aliphatic heterocycles. The van der Waals surface area contributed by atoms with Gasteiger partial charge in [0.2, 0.25) is 0 Å². The number of aliphatic imine (C=N–C) groups is 1. The van der Waals surface area contributed by atoms with Gasteiger partial charge in [-0.2, -0.15) is 0 Å². The van der Waals surface area contributed by atoms with E-state index < -0.39 is 0 Å². The molecule has 2 rings (SSSR count). The summed E-state index contributed by atoms with van der Waals surface area (Å²) in [5.74, 6) is 1.72. The van der Waals surface area contributed by atoms with Gasteiger partial charge in [0.05, 0.1) is 6.54 Å². The lowest BCUT2D eigenvalue weighted by molar-refractivity contribution is 0.632. The summed E-state index contributed by atoms with van der Waals surface area (Å²) >= 11 is 12.1. The van der Waals surface area contributed by atoms with Crippen molar-refractivity contribution in [1.29, 1.82) is 0 Å². The third kappa shape index (κ3) is 5.39. The molecule has 1 aromatic carbocycles. The van der Waals surface area contributed by atoms with Gasteiger partial charge < -0.3 is 15.2 Å². The molecule has 0 atom stereocenters. The summed E-state index contributed by atoms with van der Waals surface area (Å²) in [6.45, 7) is 6.87. The molecule has 0 fully saturated rings. The molecule has 24 heavy (non-hydrogen) atoms. The summed E-state index contributed by atoms with van der Waals surface area (Å²) in [5.41, 5.74) is 0.936. The molecule has 0 amide bonds. The molecule has 0 saturated heterocycles. The number of benzene rings is 1. The van der Waals surface area contributed by atoms with Gasteiger partial charge >= 0.3 is 0 Å². The van der Waals surface area contributed by atoms with E-state index in [-0.39, 0.29) is 0 Å². The van der Waals surface area contributed by atoms with E-state index >= 15 is 0 Å². The molecule has 2 N–H and O–H groups in total. The van der Waals surface area contributed by atoms with Crippen LogP contribution in [-0.2, 0) is 19.5 Å². The van der Waals surface area contributed by atoms with E-state index in [4.69, 9.17) is 23.2 Å². The summed E-state index contributed by atoms with van der Waals surface area (Å²) in [4.78, 5) is 4.56. The number of rotatable bonds is 7. The highest BCUT2D eigenvalue weighted by molar-refractivity contribution is 6.35. The first-order chi connectivity index (χ1) is 11.6. The number of hydrogen-bond acceptors (Lipinski definition) is 3. The van der Waals surface area contributed by atoms with Crippen LogP contribution in [0.1, 0.15) is 25.2 Å². The molecular weight excluding hydrogens is 347 g/mol. The second-order valence-electron chi connectivity index (χ2n) is 5.15. The second-order valence-corrected chi connectivity index (χ2v) is 6.00. The smallest absolute Gasteiger partial charge is 0.191 e. The molecule has 6 nitrogen and oxygen atoms in total. The van der Waals surface area contributed by atoms with Crippen LogP contribution in [0.4, 0.5) is 0 Å². The number of nitrogens with zero attached hydrogens (tertiary/aromatic N) is 4. The van der Waals surface area contributed by atoms with Crippen LogP contribution in [0.25, 0.3) is 0 Å². The maximum Gasteiger partial charge on any atom is 0.191 e. The van der Waals surface area contributed by atoms with Gasteiger partial charge in [-0.25, -0.2) is 4.99 Å². The topological polar surface area (TPSA) is 67.1 Å². The molecule has 0 spiro atoms. The minimum atomic E-state index is 0.484. The van der Waals surface area contributed by atoms with Gasteiger partial charge in [-0.05, 0) is 24.6 Å². The molecule has 0 aliphatic rings. The fourth-order valence-corrected chi connectivity index (χ4v) is 2.66. The summed E-state index contributed by atoms with van der Waals surface area (Å²) in [6, 6.07) is 5.44. The zero-order chi connectivity index (χ0) is 17.4. The van der Waals surface area contributed by atoms with Crippen LogP contribution in [0.2, 0.25) is 10.0 Å². The number of guanidine groups is 1. The van der Waals surface area contributed by atoms with Gasteiger partial charge in [0.1, 0.15) is 12.2 Å². The van der Waals surface area contributed by atoms with Crippen molar-refractivity contribution in [3.8, 4) is 0 Å². The highest BCUT2D eigenvalue weighted by Gasteiger charge is 2.04. The van der Waals surface area contributed by atoms with E-state index in [1.54, 1.807) is 12.4 Å². The van der Waals surface area contributed by atoms with Crippen LogP contribution in [0.15, 0.2) is 29.5 Å². The standard InChI is InChI=1S/C16H22Cl2N6/c1-3-15-23-22-11-24(15)8-7-20-16(19-4-2)21-10-12-5-6-13(17)9-14(12)18/h5-6,9,11H,3-4,7-8,10H2,1-2H3,(H2,19,20,21). The molecule has 0 unspecified atom stereocenters. The first-order valence-electron chi connectivity index (χ1n) is 7.96. The molecule has 0 saturated carbocycles. The van der Waals surface area contributed by atoms with Crippen LogP contribution < -0.4 is 10.6 Å². The summed E-state index contributed by atoms with van der Waals surface area (Å²) in [6.07, 6.45) is 2.61. The lowest BCUT2D eigenvalue weighted by atomic mass is 10.2. The van der Waals surface area contributed by atoms with E-state index in [0.29, 0.717) is 16.6 Å². The van der Waals surface area contributed by atoms with Crippen molar-refractivity contribution < 1.29 is 0 Å². The zero-order valence-electron chi connectivity index (χ0n) is 13.9. The van der Waals surface area contributed by atoms with Gasteiger partial charge in [0.15, 0.2) is 5.96 Å². The average Bonchev–Trinajstić information content (AvgIpc) is 3.01. The van der Waals surface area contributed by atoms with Crippen molar-refractivity contribution >= 4 is 29.2 Å². The highest BCUT2D eigenvalue weighted by atomic mass is 35.5. The minimum absolute atomic E-state index is 0.484. The maximum atomic E-state index is 6.18. The van der Waals surface area contributed by atoms with Crippen molar-refractivity contribution in [3.63, 3.8) is 0 Å². The van der Waals surface area contributed by atoms with Gasteiger partial charge in [-0.3, -0.25) is 0 Å². The predicted molar refractivity (Wildman–Crippen MR) is 98.7 cm³/mol. The summed E-state index contributed by atoms with van der Waals surface area (Å²) in [5, 5.41) is 15.8. The molecule has 1 aromatic heterocycles. The van der Waals surface area contributed by atoms with Gasteiger partial charge in [0.25, 0.3) is 0 Å². The van der Waals surface area contributed by atoms with Gasteiger partial charge in [-0.15, -0.1) is 10.2 Å². The van der Waals surface area contributed by atoms with E-state index in [1.165, 1.54) is 0 Å². The quantitative estimate of drug-likeness (QED) is 0.582. The van der Waals surface area contributed by atoms with E-state index in [1.807, 2.05) is 23.6 Å². The van der Waals surface area contributed by atoms with Gasteiger partial charge in [0, 0.05) is 36.1 Å². The van der Waals surface area contributed by atoms with E-state index in [0.717, 1.165) is 43.4 Å². The van der Waals surface area contributed by atoms with Crippen molar-refractivity contribution in [2.45, 2.75) is 33.4 Å². The number of hydrogen-bond donors (Lipinski definition) is 2. The Labute approximate surface area is 152 Å². The van der Waals surface area contributed by atoms with Crippen LogP contribution in [0.5, 0.6) is 0 Å². The Morgan fingerprint density at radius 1 is 1.25 bits per heavy atom. The SMILES string of the molecule is CCNC(=NCc1ccc(Cl)cc1Cl)NCCn1cnnc1CC. The molecule has 1 heterocycles. The normalized spacial score (nSPS) is 11.6. The zero-order valence-corrected chi connectivity index (χ0v) is 15.4. The molecule has 2 aromatic rings. The largest absolute Gasteiger partial charge is 0.357 e. The minimum Gasteiger partial charge on any atom is -0.357 e. The van der Waals surface area contributed by atoms with Crippen LogP contribution in [0.3, 0.4) is 0 Å². The highest BCUT2D eigenvalue weighted by Crippen LogP contribution is 2.21. The first kappa shape index (κ1) is 18.5. The van der Waals surface area contributed by atoms with Crippen molar-refractivity contribution in [2.75, 3.05) is 13.1 Å². The predicted octanol–water partition coefficient (Wildman–Crippen LogP) is 2.90. The van der Waals surface area contributed by atoms with Crippen LogP contribution in [0, 0.1) is 0 Å². The average molecular weight is 369 g/mol. The summed E-state index contributed by atoms with van der Waals surface area (Å²) in [7, 11) is 0. The molecular formula is C16H22Cl2N6. The number of halogens is 2. The Bertz CT molecular complexity index is 683. The van der Waals surface area contributed by atoms with Crippen LogP contribution in [-0.4, -0.2) is 33.8 Å². The number of aromatic nitrogens is 3. The third-order valence-electron chi connectivity index (χ3n) is 3.42. The Kier molecular flexibility index (Phi) is 7.34. The van der Waals surface area contributed by atoms with Crippen molar-refractivity contribution in [3.05, 3.63) is 46.0 Å². The van der Waals surface area contributed by atoms with E-state index in [2.05, 4.69) is 32.7 Å². The third-order valence-corrected chi connectivity index (χ3v) is 4.01. The lowest BCUT2D eigenvalue weighted by Gasteiger charge is -2.12. The lowest BCUT2D eigenvalue weighted by Crippen LogP contribution is -2.38. The molecule has 130 valence electrons. The van der Waals surface area contributed by atoms with Crippen molar-refractivity contribution in [1.82, 2.24) is 25.4 Å². The Balaban J connectivity index is 1.93. The molecule has 0 bridgehead atoms. The Morgan fingerprint density at radius 2 is 2.08 bits per heavy atom. The Morgan fingerprint density at radius 3 is 2.79 bits per heavy atom. The van der Waals surface area contributed by atoms with Gasteiger partial charge in [-0.1, -0.05) is 36.2 Å². The monoisotopic (exact) mass is 368 g/mol. The summed E-state index contributed by atoms with van der Waals surface area (Å²) < 4.78 is 2.03. The molecule has 0 radical (unpaired) electrons. The number of aryl methyl sites for hydroxylation is 1. The number of nitrogens with one attached hydrogen (secondary N) is 2. The fraction of sp³-hybridized carbons (Fsp3) is 0.438. The Hall–Kier alpha value is -1.79. The first-order valence-corrected chi connectivity index (χ1v) is 8.72. The van der Waals surface area contributed by atoms with Crippen LogP contribution >= 0.6 is 23.2 Å². The fourth-order valence-electron chi connectivity index (χ4n) is 2.19. The van der Waals surface area contributed by atoms with E-state index in [9.17, 15) is 0 Å². The molecule has 0 aliphatic carbocycles. The van der Waals surface area contributed by atoms with Crippen molar-refractivity contribution in [2.24, 2.45) is 4.99 Å². The second kappa shape index (κ2) is 9.49. The maximum absolute atomic E-state index is 6.18. The molecule has 8 heteroatoms.